The lowest BCUT2D eigenvalue weighted by molar-refractivity contribution is -0.143. The van der Waals surface area contributed by atoms with Crippen LogP contribution < -0.4 is 4.74 Å². The second-order valence-electron chi connectivity index (χ2n) is 9.26. The Morgan fingerprint density at radius 2 is 1.94 bits per heavy atom. The van der Waals surface area contributed by atoms with Gasteiger partial charge in [-0.15, -0.1) is 0 Å². The first-order valence-electron chi connectivity index (χ1n) is 12.0. The number of carbonyl (C=O) groups is 2. The van der Waals surface area contributed by atoms with Crippen LogP contribution in [0, 0.1) is 12.8 Å². The van der Waals surface area contributed by atoms with E-state index in [1.807, 2.05) is 25.1 Å². The van der Waals surface area contributed by atoms with Gasteiger partial charge in [-0.05, 0) is 63.6 Å². The lowest BCUT2D eigenvalue weighted by atomic mass is 9.87. The normalized spacial score (nSPS) is 20.6. The number of carboxylic acid groups (broad SMARTS) is 1. The number of hydrogen-bond donors (Lipinski definition) is 1. The number of pyridine rings is 1. The molecule has 9 nitrogen and oxygen atoms in total. The summed E-state index contributed by atoms with van der Waals surface area (Å²) in [5.74, 6) is -0.444. The number of aromatic nitrogens is 3. The van der Waals surface area contributed by atoms with Crippen LogP contribution in [-0.4, -0.2) is 56.4 Å². The van der Waals surface area contributed by atoms with Crippen molar-refractivity contribution in [3.8, 4) is 17.0 Å². The van der Waals surface area contributed by atoms with Gasteiger partial charge in [-0.3, -0.25) is 4.79 Å². The Morgan fingerprint density at radius 3 is 2.68 bits per heavy atom. The van der Waals surface area contributed by atoms with Crippen LogP contribution in [0.3, 0.4) is 0 Å². The van der Waals surface area contributed by atoms with Crippen LogP contribution >= 0.6 is 0 Å². The standard InChI is InChI=1S/C25H32N4O5/c1-16-23(34-21-9-5-6-17(13-21)24(30)31)11-10-22(27-16)18-12-19(28-26-14-18)15-33-25(32)29(2)20-7-3-4-8-20/h10-12,14,17,20-21H,3-9,13,15H2,1-2H3,(H,30,31)/t17-,21-/m0/s1. The van der Waals surface area contributed by atoms with Gasteiger partial charge in [0.15, 0.2) is 0 Å². The van der Waals surface area contributed by atoms with Crippen molar-refractivity contribution in [1.82, 2.24) is 20.1 Å². The van der Waals surface area contributed by atoms with Crippen LogP contribution in [0.25, 0.3) is 11.3 Å². The maximum absolute atomic E-state index is 12.4. The van der Waals surface area contributed by atoms with Gasteiger partial charge < -0.3 is 19.5 Å². The number of nitrogens with zero attached hydrogens (tertiary/aromatic N) is 4. The van der Waals surface area contributed by atoms with Crippen LogP contribution in [-0.2, 0) is 16.1 Å². The first-order chi connectivity index (χ1) is 16.4. The summed E-state index contributed by atoms with van der Waals surface area (Å²) >= 11 is 0. The van der Waals surface area contributed by atoms with E-state index in [1.165, 1.54) is 0 Å². The molecular formula is C25H32N4O5. The van der Waals surface area contributed by atoms with Crippen LogP contribution in [0.1, 0.15) is 62.8 Å². The fourth-order valence-corrected chi connectivity index (χ4v) is 4.79. The number of aliphatic carboxylic acids is 1. The molecule has 2 saturated carbocycles. The number of amides is 1. The maximum atomic E-state index is 12.4. The predicted molar refractivity (Wildman–Crippen MR) is 124 cm³/mol. The van der Waals surface area contributed by atoms with E-state index in [0.29, 0.717) is 30.0 Å². The number of ether oxygens (including phenoxy) is 2. The highest BCUT2D eigenvalue weighted by Crippen LogP contribution is 2.30. The van der Waals surface area contributed by atoms with Crippen LogP contribution in [0.15, 0.2) is 24.4 Å². The second-order valence-corrected chi connectivity index (χ2v) is 9.26. The summed E-state index contributed by atoms with van der Waals surface area (Å²) in [6.45, 7) is 1.91. The van der Waals surface area contributed by atoms with E-state index in [4.69, 9.17) is 9.47 Å². The molecule has 1 N–H and O–H groups in total. The molecule has 0 radical (unpaired) electrons. The topological polar surface area (TPSA) is 115 Å². The molecule has 0 unspecified atom stereocenters. The van der Waals surface area contributed by atoms with Crippen molar-refractivity contribution in [2.45, 2.75) is 77.0 Å². The lowest BCUT2D eigenvalue weighted by Gasteiger charge is -2.27. The number of rotatable bonds is 7. The molecule has 2 heterocycles. The molecule has 2 aliphatic rings. The van der Waals surface area contributed by atoms with E-state index in [-0.39, 0.29) is 30.8 Å². The maximum Gasteiger partial charge on any atom is 0.410 e. The summed E-state index contributed by atoms with van der Waals surface area (Å²) in [4.78, 5) is 30.0. The monoisotopic (exact) mass is 468 g/mol. The smallest absolute Gasteiger partial charge is 0.410 e. The largest absolute Gasteiger partial charge is 0.489 e. The van der Waals surface area contributed by atoms with E-state index < -0.39 is 5.97 Å². The van der Waals surface area contributed by atoms with Crippen molar-refractivity contribution in [1.29, 1.82) is 0 Å². The SMILES string of the molecule is Cc1nc(-c2cnnc(COC(=O)N(C)C3CCCC3)c2)ccc1O[C@H]1CCC[C@H](C(=O)O)C1. The predicted octanol–water partition coefficient (Wildman–Crippen LogP) is 4.38. The van der Waals surface area contributed by atoms with Gasteiger partial charge in [0.05, 0.1) is 29.6 Å². The van der Waals surface area contributed by atoms with Crippen molar-refractivity contribution >= 4 is 12.1 Å². The number of carboxylic acids is 1. The Morgan fingerprint density at radius 1 is 1.15 bits per heavy atom. The molecule has 0 aromatic carbocycles. The highest BCUT2D eigenvalue weighted by Gasteiger charge is 2.28. The Balaban J connectivity index is 1.37. The highest BCUT2D eigenvalue weighted by molar-refractivity contribution is 5.70. The zero-order valence-electron chi connectivity index (χ0n) is 19.8. The summed E-state index contributed by atoms with van der Waals surface area (Å²) in [7, 11) is 1.78. The van der Waals surface area contributed by atoms with E-state index in [0.717, 1.165) is 49.8 Å². The average molecular weight is 469 g/mol. The molecule has 0 bridgehead atoms. The molecule has 2 aliphatic carbocycles. The summed E-state index contributed by atoms with van der Waals surface area (Å²) in [5.41, 5.74) is 2.75. The number of carbonyl (C=O) groups excluding carboxylic acids is 1. The molecule has 34 heavy (non-hydrogen) atoms. The van der Waals surface area contributed by atoms with E-state index in [1.54, 1.807) is 18.1 Å². The van der Waals surface area contributed by atoms with Crippen molar-refractivity contribution in [3.05, 3.63) is 35.8 Å². The fraction of sp³-hybridized carbons (Fsp3) is 0.560. The number of aryl methyl sites for hydroxylation is 1. The molecule has 0 saturated heterocycles. The summed E-state index contributed by atoms with van der Waals surface area (Å²) in [6, 6.07) is 5.78. The molecule has 0 aliphatic heterocycles. The summed E-state index contributed by atoms with van der Waals surface area (Å²) in [5, 5.41) is 17.4. The zero-order valence-corrected chi connectivity index (χ0v) is 19.8. The van der Waals surface area contributed by atoms with Gasteiger partial charge in [0.1, 0.15) is 18.1 Å². The summed E-state index contributed by atoms with van der Waals surface area (Å²) < 4.78 is 11.5. The summed E-state index contributed by atoms with van der Waals surface area (Å²) in [6.07, 6.45) is 8.41. The van der Waals surface area contributed by atoms with Crippen molar-refractivity contribution in [2.24, 2.45) is 5.92 Å². The van der Waals surface area contributed by atoms with Crippen molar-refractivity contribution in [2.75, 3.05) is 7.05 Å². The van der Waals surface area contributed by atoms with Crippen LogP contribution in [0.2, 0.25) is 0 Å². The first-order valence-corrected chi connectivity index (χ1v) is 12.0. The molecule has 9 heteroatoms. The lowest BCUT2D eigenvalue weighted by Crippen LogP contribution is -2.35. The minimum atomic E-state index is -0.754. The third-order valence-corrected chi connectivity index (χ3v) is 6.81. The average Bonchev–Trinajstić information content (AvgIpc) is 3.39. The van der Waals surface area contributed by atoms with Crippen molar-refractivity contribution < 1.29 is 24.2 Å². The first kappa shape index (κ1) is 23.9. The quantitative estimate of drug-likeness (QED) is 0.637. The van der Waals surface area contributed by atoms with E-state index >= 15 is 0 Å². The third-order valence-electron chi connectivity index (χ3n) is 6.81. The minimum absolute atomic E-state index is 0.0450. The molecule has 4 rings (SSSR count). The van der Waals surface area contributed by atoms with Crippen LogP contribution in [0.4, 0.5) is 4.79 Å². The molecule has 182 valence electrons. The van der Waals surface area contributed by atoms with Gasteiger partial charge in [-0.1, -0.05) is 12.8 Å². The van der Waals surface area contributed by atoms with Gasteiger partial charge in [-0.2, -0.15) is 10.2 Å². The van der Waals surface area contributed by atoms with Gasteiger partial charge in [-0.25, -0.2) is 9.78 Å². The Hall–Kier alpha value is -3.23. The van der Waals surface area contributed by atoms with Crippen LogP contribution in [0.5, 0.6) is 5.75 Å². The Kier molecular flexibility index (Phi) is 7.59. The second kappa shape index (κ2) is 10.8. The van der Waals surface area contributed by atoms with Crippen molar-refractivity contribution in [3.63, 3.8) is 0 Å². The minimum Gasteiger partial charge on any atom is -0.489 e. The third kappa shape index (κ3) is 5.81. The zero-order chi connectivity index (χ0) is 24.1. The van der Waals surface area contributed by atoms with E-state index in [9.17, 15) is 14.7 Å². The number of hydrogen-bond acceptors (Lipinski definition) is 7. The molecular weight excluding hydrogens is 436 g/mol. The van der Waals surface area contributed by atoms with Gasteiger partial charge in [0.2, 0.25) is 0 Å². The van der Waals surface area contributed by atoms with Gasteiger partial charge in [0.25, 0.3) is 0 Å². The molecule has 1 amide bonds. The van der Waals surface area contributed by atoms with E-state index in [2.05, 4.69) is 15.2 Å². The van der Waals surface area contributed by atoms with Gasteiger partial charge in [0, 0.05) is 18.7 Å². The molecule has 0 spiro atoms. The fourth-order valence-electron chi connectivity index (χ4n) is 4.79. The molecule has 2 atom stereocenters. The molecule has 2 fully saturated rings. The highest BCUT2D eigenvalue weighted by atomic mass is 16.6. The van der Waals surface area contributed by atoms with Gasteiger partial charge >= 0.3 is 12.1 Å². The Labute approximate surface area is 199 Å². The molecule has 2 aromatic heterocycles. The molecule has 2 aromatic rings. The Bertz CT molecular complexity index is 1020.